The average Bonchev–Trinajstić information content (AvgIpc) is 2.63. The van der Waals surface area contributed by atoms with E-state index in [-0.39, 0.29) is 17.7 Å². The highest BCUT2D eigenvalue weighted by Gasteiger charge is 2.32. The van der Waals surface area contributed by atoms with Crippen LogP contribution in [0.2, 0.25) is 5.15 Å². The summed E-state index contributed by atoms with van der Waals surface area (Å²) in [5.41, 5.74) is 3.90. The molecule has 0 N–H and O–H groups in total. The molecule has 0 unspecified atom stereocenters. The van der Waals surface area contributed by atoms with Crippen molar-refractivity contribution in [1.82, 2.24) is 14.9 Å². The van der Waals surface area contributed by atoms with Crippen molar-refractivity contribution in [2.24, 2.45) is 5.92 Å². The quantitative estimate of drug-likeness (QED) is 0.691. The van der Waals surface area contributed by atoms with Crippen molar-refractivity contribution in [3.05, 3.63) is 46.4 Å². The topological polar surface area (TPSA) is 58.6 Å². The van der Waals surface area contributed by atoms with Crippen molar-refractivity contribution in [1.29, 1.82) is 0 Å². The van der Waals surface area contributed by atoms with Crippen LogP contribution in [0.25, 0.3) is 0 Å². The molecular weight excluding hydrogens is 402 g/mol. The maximum atomic E-state index is 12.8. The molecule has 0 aliphatic carbocycles. The van der Waals surface area contributed by atoms with Gasteiger partial charge in [0.15, 0.2) is 0 Å². The maximum absolute atomic E-state index is 12.8. The zero-order valence-corrected chi connectivity index (χ0v) is 16.7. The number of hydrogen-bond acceptors (Lipinski definition) is 5. The predicted octanol–water partition coefficient (Wildman–Crippen LogP) is 3.45. The third-order valence-corrected chi connectivity index (χ3v) is 5.63. The minimum Gasteiger partial charge on any atom is -0.417 e. The molecule has 1 amide bonds. The number of hydrogen-bond donors (Lipinski definition) is 0. The Hall–Kier alpha value is -2.48. The fourth-order valence-corrected chi connectivity index (χ4v) is 4.17. The molecule has 6 nitrogen and oxygen atoms in total. The summed E-state index contributed by atoms with van der Waals surface area (Å²) in [4.78, 5) is 24.8. The molecule has 0 saturated carbocycles. The summed E-state index contributed by atoms with van der Waals surface area (Å²) in [6, 6.07) is 5.07. The summed E-state index contributed by atoms with van der Waals surface area (Å²) in [5.74, 6) is 0.264. The summed E-state index contributed by atoms with van der Waals surface area (Å²) in [6.07, 6.45) is 2.62. The Balaban J connectivity index is 1.31. The van der Waals surface area contributed by atoms with E-state index in [2.05, 4.69) is 14.7 Å². The minimum absolute atomic E-state index is 0.104. The number of fused-ring (bicyclic) bond motifs is 1. The minimum atomic E-state index is -2.90. The van der Waals surface area contributed by atoms with E-state index < -0.39 is 6.61 Å². The van der Waals surface area contributed by atoms with E-state index in [1.807, 2.05) is 22.8 Å². The lowest BCUT2D eigenvalue weighted by molar-refractivity contribution is -0.133. The summed E-state index contributed by atoms with van der Waals surface area (Å²) in [7, 11) is 0. The van der Waals surface area contributed by atoms with Crippen LogP contribution in [-0.4, -0.2) is 47.0 Å². The van der Waals surface area contributed by atoms with Crippen LogP contribution in [0, 0.1) is 12.8 Å². The fraction of sp³-hybridized carbons (Fsp3) is 0.450. The van der Waals surface area contributed by atoms with Crippen LogP contribution in [0.15, 0.2) is 24.4 Å². The lowest BCUT2D eigenvalue weighted by Gasteiger charge is -2.41. The molecule has 0 spiro atoms. The number of aryl methyl sites for hydroxylation is 1. The number of ether oxygens (including phenoxy) is 1. The van der Waals surface area contributed by atoms with E-state index in [9.17, 15) is 13.6 Å². The van der Waals surface area contributed by atoms with Gasteiger partial charge in [0.05, 0.1) is 0 Å². The van der Waals surface area contributed by atoms with Crippen LogP contribution in [0.3, 0.4) is 0 Å². The highest BCUT2D eigenvalue weighted by atomic mass is 35.5. The predicted molar refractivity (Wildman–Crippen MR) is 104 cm³/mol. The van der Waals surface area contributed by atoms with Crippen LogP contribution in [0.4, 0.5) is 14.5 Å². The zero-order valence-electron chi connectivity index (χ0n) is 15.9. The monoisotopic (exact) mass is 422 g/mol. The second-order valence-corrected chi connectivity index (χ2v) is 7.85. The van der Waals surface area contributed by atoms with Crippen molar-refractivity contribution < 1.29 is 18.3 Å². The molecule has 4 rings (SSSR count). The molecule has 29 heavy (non-hydrogen) atoms. The molecule has 154 valence electrons. The van der Waals surface area contributed by atoms with Crippen molar-refractivity contribution in [2.75, 3.05) is 24.5 Å². The largest absolute Gasteiger partial charge is 0.417 e. The van der Waals surface area contributed by atoms with Crippen molar-refractivity contribution in [3.63, 3.8) is 0 Å². The number of carbonyl (C=O) groups excluding carboxylic acids is 1. The van der Waals surface area contributed by atoms with Crippen LogP contribution >= 0.6 is 11.6 Å². The molecule has 0 radical (unpaired) electrons. The first-order chi connectivity index (χ1) is 13.9. The molecule has 1 saturated heterocycles. The molecule has 1 fully saturated rings. The third-order valence-electron chi connectivity index (χ3n) is 5.44. The number of nitrogens with zero attached hydrogens (tertiary/aromatic N) is 4. The Morgan fingerprint density at radius 2 is 2.17 bits per heavy atom. The summed E-state index contributed by atoms with van der Waals surface area (Å²) >= 11 is 6.03. The fourth-order valence-electron chi connectivity index (χ4n) is 3.91. The lowest BCUT2D eigenvalue weighted by atomic mass is 9.94. The maximum Gasteiger partial charge on any atom is 0.388 e. The van der Waals surface area contributed by atoms with Gasteiger partial charge in [0.1, 0.15) is 5.15 Å². The Morgan fingerprint density at radius 1 is 1.38 bits per heavy atom. The van der Waals surface area contributed by atoms with E-state index in [1.165, 1.54) is 12.3 Å². The van der Waals surface area contributed by atoms with Gasteiger partial charge in [-0.2, -0.15) is 8.78 Å². The Morgan fingerprint density at radius 3 is 2.93 bits per heavy atom. The molecule has 2 aliphatic heterocycles. The SMILES string of the molecule is Cc1cc(Cl)nc2c1CN(C(=O)CC1CN(c3ccnc(OC(F)F)c3)C1)CC2. The Kier molecular flexibility index (Phi) is 5.54. The van der Waals surface area contributed by atoms with E-state index in [0.717, 1.165) is 22.5 Å². The van der Waals surface area contributed by atoms with Gasteiger partial charge in [0.25, 0.3) is 0 Å². The number of aromatic nitrogens is 2. The molecule has 0 bridgehead atoms. The van der Waals surface area contributed by atoms with Crippen LogP contribution in [-0.2, 0) is 17.8 Å². The first-order valence-corrected chi connectivity index (χ1v) is 9.85. The van der Waals surface area contributed by atoms with Gasteiger partial charge in [-0.1, -0.05) is 11.6 Å². The Bertz CT molecular complexity index is 921. The average molecular weight is 423 g/mol. The van der Waals surface area contributed by atoms with Gasteiger partial charge in [0.2, 0.25) is 11.8 Å². The van der Waals surface area contributed by atoms with Crippen LogP contribution in [0.1, 0.15) is 23.2 Å². The van der Waals surface area contributed by atoms with Gasteiger partial charge in [0, 0.05) is 68.6 Å². The standard InChI is InChI=1S/C20H21ClF2N4O2/c1-12-6-17(21)25-16-3-5-26(11-15(12)16)19(28)7-13-9-27(10-13)14-2-4-24-18(8-14)29-20(22)23/h2,4,6,8,13,20H,3,5,7,9-11H2,1H3. The first kappa shape index (κ1) is 19.8. The number of anilines is 1. The molecule has 4 heterocycles. The van der Waals surface area contributed by atoms with E-state index in [0.29, 0.717) is 44.2 Å². The number of amides is 1. The van der Waals surface area contributed by atoms with Crippen LogP contribution in [0.5, 0.6) is 5.88 Å². The van der Waals surface area contributed by atoms with E-state index in [1.54, 1.807) is 6.07 Å². The zero-order chi connectivity index (χ0) is 20.5. The second kappa shape index (κ2) is 8.10. The number of rotatable bonds is 5. The highest BCUT2D eigenvalue weighted by Crippen LogP contribution is 2.30. The number of alkyl halides is 2. The lowest BCUT2D eigenvalue weighted by Crippen LogP contribution is -2.49. The summed E-state index contributed by atoms with van der Waals surface area (Å²) in [5, 5.41) is 0.494. The normalized spacial score (nSPS) is 16.6. The molecule has 2 aromatic rings. The van der Waals surface area contributed by atoms with Crippen molar-refractivity contribution in [3.8, 4) is 5.88 Å². The molecule has 9 heteroatoms. The number of halogens is 3. The van der Waals surface area contributed by atoms with Gasteiger partial charge < -0.3 is 14.5 Å². The summed E-state index contributed by atoms with van der Waals surface area (Å²) in [6.45, 7) is 1.71. The van der Waals surface area contributed by atoms with E-state index >= 15 is 0 Å². The number of pyridine rings is 2. The molecular formula is C20H21ClF2N4O2. The van der Waals surface area contributed by atoms with Crippen LogP contribution < -0.4 is 9.64 Å². The Labute approximate surface area is 172 Å². The molecule has 2 aromatic heterocycles. The number of carbonyl (C=O) groups is 1. The van der Waals surface area contributed by atoms with Crippen molar-refractivity contribution in [2.45, 2.75) is 32.9 Å². The highest BCUT2D eigenvalue weighted by molar-refractivity contribution is 6.29. The smallest absolute Gasteiger partial charge is 0.388 e. The van der Waals surface area contributed by atoms with Gasteiger partial charge >= 0.3 is 6.61 Å². The molecule has 2 aliphatic rings. The van der Waals surface area contributed by atoms with Gasteiger partial charge in [-0.25, -0.2) is 9.97 Å². The van der Waals surface area contributed by atoms with Gasteiger partial charge in [-0.15, -0.1) is 0 Å². The van der Waals surface area contributed by atoms with E-state index in [4.69, 9.17) is 11.6 Å². The van der Waals surface area contributed by atoms with Crippen molar-refractivity contribution >= 4 is 23.2 Å². The second-order valence-electron chi connectivity index (χ2n) is 7.46. The molecule has 0 aromatic carbocycles. The first-order valence-electron chi connectivity index (χ1n) is 9.47. The summed E-state index contributed by atoms with van der Waals surface area (Å²) < 4.78 is 29.0. The third kappa shape index (κ3) is 4.42. The van der Waals surface area contributed by atoms with Gasteiger partial charge in [-0.3, -0.25) is 4.79 Å². The molecule has 0 atom stereocenters. The van der Waals surface area contributed by atoms with Gasteiger partial charge in [-0.05, 0) is 30.2 Å².